The van der Waals surface area contributed by atoms with E-state index in [2.05, 4.69) is 5.32 Å². The van der Waals surface area contributed by atoms with Gasteiger partial charge < -0.3 is 20.1 Å². The van der Waals surface area contributed by atoms with Gasteiger partial charge in [0.05, 0.1) is 23.8 Å². The maximum absolute atomic E-state index is 14.0. The quantitative estimate of drug-likeness (QED) is 0.177. The lowest BCUT2D eigenvalue weighted by Gasteiger charge is -2.18. The molecule has 3 N–H and O–H groups in total. The van der Waals surface area contributed by atoms with E-state index in [1.54, 1.807) is 12.1 Å². The van der Waals surface area contributed by atoms with Crippen LogP contribution in [-0.4, -0.2) is 32.8 Å². The Balaban J connectivity index is 1.92. The first-order valence-corrected chi connectivity index (χ1v) is 13.3. The highest BCUT2D eigenvalue weighted by Gasteiger charge is 2.30. The van der Waals surface area contributed by atoms with Crippen molar-refractivity contribution in [1.82, 2.24) is 4.57 Å². The van der Waals surface area contributed by atoms with Crippen LogP contribution in [0.4, 0.5) is 10.1 Å². The lowest BCUT2D eigenvalue weighted by atomic mass is 9.94. The van der Waals surface area contributed by atoms with Crippen molar-refractivity contribution < 1.29 is 24.2 Å². The Kier molecular flexibility index (Phi) is 9.30. The van der Waals surface area contributed by atoms with Gasteiger partial charge in [-0.25, -0.2) is 4.39 Å². The van der Waals surface area contributed by atoms with Crippen molar-refractivity contribution in [2.24, 2.45) is 0 Å². The Morgan fingerprint density at radius 1 is 0.925 bits per heavy atom. The SMILES string of the molecule is CC(C)c1c(C(=O)Nc2ccccc2)c(-c2ccccc2)c(-c2ccc(F)cc2)n1CCC(O)/C=C/CC(=O)O. The van der Waals surface area contributed by atoms with E-state index in [1.165, 1.54) is 24.3 Å². The number of aliphatic hydroxyl groups is 1. The molecule has 1 unspecified atom stereocenters. The second-order valence-electron chi connectivity index (χ2n) is 9.87. The number of anilines is 1. The fraction of sp³-hybridized carbons (Fsp3) is 0.212. The summed E-state index contributed by atoms with van der Waals surface area (Å²) < 4.78 is 16.0. The van der Waals surface area contributed by atoms with Crippen molar-refractivity contribution in [3.8, 4) is 22.4 Å². The standard InChI is InChI=1S/C33H33FN2O4/c1-22(2)31-30(33(40)35-26-12-7-4-8-13-26)29(23-10-5-3-6-11-23)32(24-16-18-25(34)19-17-24)36(31)21-20-27(37)14-9-15-28(38)39/h3-14,16-19,22,27,37H,15,20-21H2,1-2H3,(H,35,40)(H,38,39)/b14-9+. The van der Waals surface area contributed by atoms with Crippen molar-refractivity contribution in [2.45, 2.75) is 45.3 Å². The number of aliphatic hydroxyl groups excluding tert-OH is 1. The highest BCUT2D eigenvalue weighted by molar-refractivity contribution is 6.12. The molecule has 7 heteroatoms. The first-order valence-electron chi connectivity index (χ1n) is 13.3. The molecule has 6 nitrogen and oxygen atoms in total. The predicted octanol–water partition coefficient (Wildman–Crippen LogP) is 7.12. The van der Waals surface area contributed by atoms with Crippen LogP contribution in [0, 0.1) is 5.82 Å². The second-order valence-corrected chi connectivity index (χ2v) is 9.87. The van der Waals surface area contributed by atoms with Gasteiger partial charge in [0, 0.05) is 23.5 Å². The number of aliphatic carboxylic acids is 1. The molecule has 3 aromatic carbocycles. The number of carbonyl (C=O) groups excluding carboxylic acids is 1. The van der Waals surface area contributed by atoms with Crippen LogP contribution >= 0.6 is 0 Å². The zero-order chi connectivity index (χ0) is 28.6. The van der Waals surface area contributed by atoms with Crippen molar-refractivity contribution >= 4 is 17.6 Å². The smallest absolute Gasteiger partial charge is 0.307 e. The maximum atomic E-state index is 14.0. The van der Waals surface area contributed by atoms with Crippen LogP contribution in [0.1, 0.15) is 48.7 Å². The van der Waals surface area contributed by atoms with Crippen molar-refractivity contribution in [2.75, 3.05) is 5.32 Å². The number of nitrogens with one attached hydrogen (secondary N) is 1. The minimum Gasteiger partial charge on any atom is -0.481 e. The molecule has 0 bridgehead atoms. The van der Waals surface area contributed by atoms with E-state index >= 15 is 0 Å². The molecule has 4 rings (SSSR count). The van der Waals surface area contributed by atoms with E-state index < -0.39 is 12.1 Å². The lowest BCUT2D eigenvalue weighted by Crippen LogP contribution is -2.17. The van der Waals surface area contributed by atoms with Crippen LogP contribution in [0.5, 0.6) is 0 Å². The molecule has 4 aromatic rings. The third-order valence-corrected chi connectivity index (χ3v) is 6.59. The Labute approximate surface area is 233 Å². The summed E-state index contributed by atoms with van der Waals surface area (Å²) in [4.78, 5) is 24.9. The van der Waals surface area contributed by atoms with E-state index in [4.69, 9.17) is 5.11 Å². The van der Waals surface area contributed by atoms with Crippen LogP contribution in [0.2, 0.25) is 0 Å². The number of hydrogen-bond donors (Lipinski definition) is 3. The summed E-state index contributed by atoms with van der Waals surface area (Å²) in [6.45, 7) is 4.37. The van der Waals surface area contributed by atoms with E-state index in [-0.39, 0.29) is 30.5 Å². The number of carboxylic acid groups (broad SMARTS) is 1. The normalized spacial score (nSPS) is 12.1. The second kappa shape index (κ2) is 13.0. The summed E-state index contributed by atoms with van der Waals surface area (Å²) in [5.74, 6) is -1.69. The third kappa shape index (κ3) is 6.74. The Hall–Kier alpha value is -4.49. The van der Waals surface area contributed by atoms with Gasteiger partial charge >= 0.3 is 5.97 Å². The first-order chi connectivity index (χ1) is 19.3. The number of para-hydroxylation sites is 1. The van der Waals surface area contributed by atoms with Crippen LogP contribution in [0.15, 0.2) is 97.1 Å². The molecule has 0 spiro atoms. The van der Waals surface area contributed by atoms with Crippen LogP contribution in [0.25, 0.3) is 22.4 Å². The van der Waals surface area contributed by atoms with Crippen LogP contribution in [-0.2, 0) is 11.3 Å². The summed E-state index contributed by atoms with van der Waals surface area (Å²) in [6.07, 6.45) is 2.13. The van der Waals surface area contributed by atoms with Gasteiger partial charge in [-0.05, 0) is 59.9 Å². The number of carboxylic acids is 1. The van der Waals surface area contributed by atoms with E-state index in [0.29, 0.717) is 17.8 Å². The monoisotopic (exact) mass is 540 g/mol. The largest absolute Gasteiger partial charge is 0.481 e. The molecule has 0 fully saturated rings. The van der Waals surface area contributed by atoms with E-state index in [9.17, 15) is 19.1 Å². The molecule has 1 heterocycles. The van der Waals surface area contributed by atoms with E-state index in [0.717, 1.165) is 28.1 Å². The molecule has 1 amide bonds. The highest BCUT2D eigenvalue weighted by Crippen LogP contribution is 2.42. The van der Waals surface area contributed by atoms with Gasteiger partial charge in [-0.2, -0.15) is 0 Å². The van der Waals surface area contributed by atoms with Gasteiger partial charge in [-0.1, -0.05) is 74.5 Å². The number of rotatable bonds is 11. The molecule has 40 heavy (non-hydrogen) atoms. The summed E-state index contributed by atoms with van der Waals surface area (Å²) in [5, 5.41) is 22.6. The summed E-state index contributed by atoms with van der Waals surface area (Å²) in [6, 6.07) is 25.0. The average Bonchev–Trinajstić information content (AvgIpc) is 3.29. The Morgan fingerprint density at radius 3 is 2.15 bits per heavy atom. The number of aromatic nitrogens is 1. The van der Waals surface area contributed by atoms with Crippen molar-refractivity contribution in [3.05, 3.63) is 114 Å². The fourth-order valence-corrected chi connectivity index (χ4v) is 4.89. The number of hydrogen-bond acceptors (Lipinski definition) is 3. The minimum absolute atomic E-state index is 0.0760. The van der Waals surface area contributed by atoms with Crippen molar-refractivity contribution in [1.29, 1.82) is 0 Å². The zero-order valence-corrected chi connectivity index (χ0v) is 22.5. The van der Waals surface area contributed by atoms with Gasteiger partial charge in [0.25, 0.3) is 5.91 Å². The molecule has 206 valence electrons. The number of halogens is 1. The Bertz CT molecular complexity index is 1480. The molecule has 0 aliphatic heterocycles. The van der Waals surface area contributed by atoms with Crippen molar-refractivity contribution in [3.63, 3.8) is 0 Å². The number of carbonyl (C=O) groups is 2. The molecular weight excluding hydrogens is 507 g/mol. The average molecular weight is 541 g/mol. The first kappa shape index (κ1) is 28.5. The third-order valence-electron chi connectivity index (χ3n) is 6.59. The Morgan fingerprint density at radius 2 is 1.55 bits per heavy atom. The number of nitrogens with zero attached hydrogens (tertiary/aromatic N) is 1. The van der Waals surface area contributed by atoms with Gasteiger partial charge in [-0.3, -0.25) is 9.59 Å². The topological polar surface area (TPSA) is 91.6 Å². The minimum atomic E-state index is -0.976. The molecule has 0 aliphatic carbocycles. The molecule has 0 saturated carbocycles. The van der Waals surface area contributed by atoms with Gasteiger partial charge in [0.1, 0.15) is 5.82 Å². The van der Waals surface area contributed by atoms with Gasteiger partial charge in [-0.15, -0.1) is 0 Å². The molecule has 1 aromatic heterocycles. The predicted molar refractivity (Wildman–Crippen MR) is 156 cm³/mol. The fourth-order valence-electron chi connectivity index (χ4n) is 4.89. The molecule has 0 aliphatic rings. The van der Waals surface area contributed by atoms with Gasteiger partial charge in [0.2, 0.25) is 0 Å². The van der Waals surface area contributed by atoms with Gasteiger partial charge in [0.15, 0.2) is 0 Å². The lowest BCUT2D eigenvalue weighted by molar-refractivity contribution is -0.136. The number of amides is 1. The van der Waals surface area contributed by atoms with Crippen LogP contribution < -0.4 is 5.32 Å². The molecule has 0 saturated heterocycles. The molecule has 0 radical (unpaired) electrons. The summed E-state index contributed by atoms with van der Waals surface area (Å²) >= 11 is 0. The molecule has 1 atom stereocenters. The summed E-state index contributed by atoms with van der Waals surface area (Å²) in [7, 11) is 0. The maximum Gasteiger partial charge on any atom is 0.307 e. The van der Waals surface area contributed by atoms with E-state index in [1.807, 2.05) is 79.1 Å². The zero-order valence-electron chi connectivity index (χ0n) is 22.5. The summed E-state index contributed by atoms with van der Waals surface area (Å²) in [5.41, 5.74) is 5.00. The highest BCUT2D eigenvalue weighted by atomic mass is 19.1. The molecular formula is C33H33FN2O4. The number of benzene rings is 3. The van der Waals surface area contributed by atoms with Crippen LogP contribution in [0.3, 0.4) is 0 Å².